The van der Waals surface area contributed by atoms with Crippen molar-refractivity contribution in [3.63, 3.8) is 0 Å². The first-order valence-corrected chi connectivity index (χ1v) is 3.36. The van der Waals surface area contributed by atoms with E-state index in [1.54, 1.807) is 0 Å². The van der Waals surface area contributed by atoms with Gasteiger partial charge in [0.05, 0.1) is 0 Å². The van der Waals surface area contributed by atoms with Crippen LogP contribution in [0.25, 0.3) is 0 Å². The standard InChI is InChI=1S/C5H15BN2O2/c1-7-3-4-8(2)5-6(9)10/h7,9-10H,3-5H2,1-2H3. The molecule has 0 atom stereocenters. The molecular weight excluding hydrogens is 131 g/mol. The highest BCUT2D eigenvalue weighted by atomic mass is 16.4. The molecule has 0 rings (SSSR count). The van der Waals surface area contributed by atoms with Crippen molar-refractivity contribution in [2.24, 2.45) is 0 Å². The van der Waals surface area contributed by atoms with Crippen LogP contribution in [0.4, 0.5) is 0 Å². The number of nitrogens with one attached hydrogen (secondary N) is 1. The van der Waals surface area contributed by atoms with E-state index in [0.717, 1.165) is 13.1 Å². The van der Waals surface area contributed by atoms with Crippen LogP contribution in [0.5, 0.6) is 0 Å². The summed E-state index contributed by atoms with van der Waals surface area (Å²) >= 11 is 0. The minimum Gasteiger partial charge on any atom is -0.426 e. The molecule has 10 heavy (non-hydrogen) atoms. The minimum absolute atomic E-state index is 0.307. The summed E-state index contributed by atoms with van der Waals surface area (Å²) in [6.45, 7) is 1.69. The summed E-state index contributed by atoms with van der Waals surface area (Å²) in [5, 5.41) is 20.0. The average molecular weight is 146 g/mol. The van der Waals surface area contributed by atoms with Crippen molar-refractivity contribution in [2.45, 2.75) is 0 Å². The van der Waals surface area contributed by atoms with Gasteiger partial charge in [-0.2, -0.15) is 0 Å². The van der Waals surface area contributed by atoms with Gasteiger partial charge in [-0.25, -0.2) is 0 Å². The number of rotatable bonds is 5. The highest BCUT2D eigenvalue weighted by Gasteiger charge is 2.09. The first-order chi connectivity index (χ1) is 4.66. The molecule has 0 saturated heterocycles. The monoisotopic (exact) mass is 146 g/mol. The van der Waals surface area contributed by atoms with E-state index in [2.05, 4.69) is 5.32 Å². The molecule has 0 amide bonds. The van der Waals surface area contributed by atoms with Crippen LogP contribution >= 0.6 is 0 Å². The number of likely N-dealkylation sites (N-methyl/N-ethyl adjacent to an activating group) is 2. The Labute approximate surface area is 62.0 Å². The van der Waals surface area contributed by atoms with Gasteiger partial charge in [-0.3, -0.25) is 0 Å². The highest BCUT2D eigenvalue weighted by Crippen LogP contribution is 1.80. The summed E-state index contributed by atoms with van der Waals surface area (Å²) in [7, 11) is 2.49. The molecule has 0 heterocycles. The van der Waals surface area contributed by atoms with Gasteiger partial charge in [-0.1, -0.05) is 0 Å². The van der Waals surface area contributed by atoms with Crippen LogP contribution in [0.1, 0.15) is 0 Å². The minimum atomic E-state index is -1.22. The maximum absolute atomic E-state index is 8.52. The van der Waals surface area contributed by atoms with E-state index in [1.165, 1.54) is 0 Å². The number of nitrogens with zero attached hydrogens (tertiary/aromatic N) is 1. The maximum atomic E-state index is 8.52. The fraction of sp³-hybridized carbons (Fsp3) is 1.00. The van der Waals surface area contributed by atoms with Gasteiger partial charge < -0.3 is 20.3 Å². The van der Waals surface area contributed by atoms with Gasteiger partial charge in [0.2, 0.25) is 0 Å². The Kier molecular flexibility index (Phi) is 5.62. The molecule has 0 saturated carbocycles. The Hall–Kier alpha value is -0.0951. The lowest BCUT2D eigenvalue weighted by atomic mass is 9.92. The van der Waals surface area contributed by atoms with Gasteiger partial charge in [0, 0.05) is 19.5 Å². The van der Waals surface area contributed by atoms with E-state index in [-0.39, 0.29) is 0 Å². The van der Waals surface area contributed by atoms with Crippen LogP contribution in [-0.4, -0.2) is 55.7 Å². The Morgan fingerprint density at radius 2 is 2.10 bits per heavy atom. The molecule has 0 aromatic heterocycles. The SMILES string of the molecule is CNCCN(C)CB(O)O. The molecule has 60 valence electrons. The molecule has 0 fully saturated rings. The summed E-state index contributed by atoms with van der Waals surface area (Å²) < 4.78 is 0. The largest absolute Gasteiger partial charge is 0.466 e. The van der Waals surface area contributed by atoms with E-state index >= 15 is 0 Å². The van der Waals surface area contributed by atoms with Gasteiger partial charge >= 0.3 is 7.12 Å². The lowest BCUT2D eigenvalue weighted by Gasteiger charge is -2.14. The average Bonchev–Trinajstić information content (AvgIpc) is 1.82. The second-order valence-corrected chi connectivity index (χ2v) is 2.35. The predicted molar refractivity (Wildman–Crippen MR) is 41.6 cm³/mol. The smallest absolute Gasteiger partial charge is 0.426 e. The van der Waals surface area contributed by atoms with Crippen LogP contribution in [0.15, 0.2) is 0 Å². The summed E-state index contributed by atoms with van der Waals surface area (Å²) in [6, 6.07) is 0. The first-order valence-electron chi connectivity index (χ1n) is 3.36. The van der Waals surface area contributed by atoms with E-state index in [4.69, 9.17) is 10.0 Å². The van der Waals surface area contributed by atoms with Gasteiger partial charge in [-0.15, -0.1) is 0 Å². The second-order valence-electron chi connectivity index (χ2n) is 2.35. The molecule has 3 N–H and O–H groups in total. The molecule has 0 aliphatic carbocycles. The summed E-state index contributed by atoms with van der Waals surface area (Å²) in [4.78, 5) is 1.85. The van der Waals surface area contributed by atoms with Crippen LogP contribution in [0.3, 0.4) is 0 Å². The van der Waals surface area contributed by atoms with Gasteiger partial charge in [0.25, 0.3) is 0 Å². The molecule has 0 unspecified atom stereocenters. The first kappa shape index (κ1) is 9.90. The highest BCUT2D eigenvalue weighted by molar-refractivity contribution is 6.41. The Bertz CT molecular complexity index is 82.0. The zero-order valence-electron chi connectivity index (χ0n) is 6.54. The number of hydrogen-bond donors (Lipinski definition) is 3. The van der Waals surface area contributed by atoms with Crippen molar-refractivity contribution in [1.82, 2.24) is 10.2 Å². The fourth-order valence-electron chi connectivity index (χ4n) is 0.673. The Morgan fingerprint density at radius 1 is 1.50 bits per heavy atom. The van der Waals surface area contributed by atoms with Crippen molar-refractivity contribution >= 4 is 7.12 Å². The summed E-state index contributed by atoms with van der Waals surface area (Å²) in [5.41, 5.74) is 0. The van der Waals surface area contributed by atoms with Crippen molar-refractivity contribution in [2.75, 3.05) is 33.6 Å². The van der Waals surface area contributed by atoms with Crippen LogP contribution in [0, 0.1) is 0 Å². The molecule has 5 heteroatoms. The third-order valence-electron chi connectivity index (χ3n) is 1.22. The quantitative estimate of drug-likeness (QED) is 0.398. The molecule has 4 nitrogen and oxygen atoms in total. The van der Waals surface area contributed by atoms with Gasteiger partial charge in [-0.05, 0) is 14.1 Å². The second kappa shape index (κ2) is 5.67. The third-order valence-corrected chi connectivity index (χ3v) is 1.22. The molecule has 0 aliphatic heterocycles. The third kappa shape index (κ3) is 6.03. The predicted octanol–water partition coefficient (Wildman–Crippen LogP) is -1.85. The van der Waals surface area contributed by atoms with Crippen molar-refractivity contribution < 1.29 is 10.0 Å². The van der Waals surface area contributed by atoms with Gasteiger partial charge in [0.1, 0.15) is 0 Å². The van der Waals surface area contributed by atoms with Crippen LogP contribution in [0.2, 0.25) is 0 Å². The zero-order chi connectivity index (χ0) is 7.98. The van der Waals surface area contributed by atoms with E-state index in [9.17, 15) is 0 Å². The molecule has 0 radical (unpaired) electrons. The van der Waals surface area contributed by atoms with Crippen molar-refractivity contribution in [3.8, 4) is 0 Å². The molecule has 0 aromatic carbocycles. The lowest BCUT2D eigenvalue weighted by Crippen LogP contribution is -2.36. The Balaban J connectivity index is 3.16. The maximum Gasteiger partial charge on any atom is 0.466 e. The van der Waals surface area contributed by atoms with Crippen LogP contribution < -0.4 is 5.32 Å². The van der Waals surface area contributed by atoms with Gasteiger partial charge in [0.15, 0.2) is 0 Å². The van der Waals surface area contributed by atoms with Crippen molar-refractivity contribution in [3.05, 3.63) is 0 Å². The zero-order valence-corrected chi connectivity index (χ0v) is 6.54. The molecule has 0 aromatic rings. The Morgan fingerprint density at radius 3 is 2.50 bits per heavy atom. The topological polar surface area (TPSA) is 55.7 Å². The molecule has 0 bridgehead atoms. The van der Waals surface area contributed by atoms with Crippen LogP contribution in [-0.2, 0) is 0 Å². The normalized spacial score (nSPS) is 10.5. The lowest BCUT2D eigenvalue weighted by molar-refractivity contribution is 0.321. The van der Waals surface area contributed by atoms with E-state index in [0.29, 0.717) is 6.44 Å². The molecular formula is C5H15BN2O2. The molecule has 0 spiro atoms. The van der Waals surface area contributed by atoms with E-state index in [1.807, 2.05) is 19.0 Å². The number of hydrogen-bond acceptors (Lipinski definition) is 4. The summed E-state index contributed by atoms with van der Waals surface area (Å²) in [6.07, 6.45) is 0.307. The summed E-state index contributed by atoms with van der Waals surface area (Å²) in [5.74, 6) is 0. The molecule has 0 aliphatic rings. The van der Waals surface area contributed by atoms with E-state index < -0.39 is 7.12 Å². The fourth-order valence-corrected chi connectivity index (χ4v) is 0.673. The van der Waals surface area contributed by atoms with Crippen molar-refractivity contribution in [1.29, 1.82) is 0 Å².